The lowest BCUT2D eigenvalue weighted by Gasteiger charge is -2.39. The molecule has 0 bridgehead atoms. The normalized spacial score (nSPS) is 17.2. The molecule has 4 amide bonds. The zero-order valence-corrected chi connectivity index (χ0v) is 43.8. The molecular weight excluding hydrogens is 936 g/mol. The minimum Gasteiger partial charge on any atom is -0.449 e. The Morgan fingerprint density at radius 1 is 0.616 bits per heavy atom. The van der Waals surface area contributed by atoms with Crippen LogP contribution in [0, 0.1) is 5.92 Å². The Balaban J connectivity index is 1.03. The van der Waals surface area contributed by atoms with Crippen LogP contribution in [0.15, 0.2) is 127 Å². The van der Waals surface area contributed by atoms with Crippen molar-refractivity contribution in [3.8, 4) is 11.1 Å². The Hall–Kier alpha value is -6.46. The second-order valence-electron chi connectivity index (χ2n) is 20.6. The summed E-state index contributed by atoms with van der Waals surface area (Å²) in [6.07, 6.45) is 11.5. The highest BCUT2D eigenvalue weighted by molar-refractivity contribution is 6.31. The smallest absolute Gasteiger partial charge is 0.407 e. The van der Waals surface area contributed by atoms with Crippen molar-refractivity contribution in [3.05, 3.63) is 166 Å². The molecule has 73 heavy (non-hydrogen) atoms. The fourth-order valence-electron chi connectivity index (χ4n) is 11.7. The summed E-state index contributed by atoms with van der Waals surface area (Å²) in [7, 11) is 6.23. The van der Waals surface area contributed by atoms with Gasteiger partial charge in [0.25, 0.3) is 0 Å². The van der Waals surface area contributed by atoms with Gasteiger partial charge in [0.1, 0.15) is 24.7 Å². The second-order valence-corrected chi connectivity index (χ2v) is 21.0. The van der Waals surface area contributed by atoms with Crippen LogP contribution in [0.2, 0.25) is 5.02 Å². The molecule has 11 nitrogen and oxygen atoms in total. The molecule has 0 saturated heterocycles. The van der Waals surface area contributed by atoms with Crippen molar-refractivity contribution in [1.82, 2.24) is 20.0 Å². The van der Waals surface area contributed by atoms with Gasteiger partial charge < -0.3 is 29.5 Å². The van der Waals surface area contributed by atoms with Crippen LogP contribution in [0.1, 0.15) is 136 Å². The quantitative estimate of drug-likeness (QED) is 0.0771. The van der Waals surface area contributed by atoms with E-state index in [2.05, 4.69) is 29.6 Å². The van der Waals surface area contributed by atoms with Crippen LogP contribution < -0.4 is 5.32 Å². The third-order valence-electron chi connectivity index (χ3n) is 15.7. The molecule has 2 saturated carbocycles. The monoisotopic (exact) mass is 1010 g/mol. The zero-order valence-electron chi connectivity index (χ0n) is 43.1. The molecule has 12 heteroatoms. The highest BCUT2D eigenvalue weighted by Gasteiger charge is 2.46. The number of likely N-dealkylation sites (N-methyl/N-ethyl adjacent to an activating group) is 3. The predicted molar refractivity (Wildman–Crippen MR) is 286 cm³/mol. The van der Waals surface area contributed by atoms with Gasteiger partial charge in [0, 0.05) is 55.8 Å². The van der Waals surface area contributed by atoms with Gasteiger partial charge in [-0.25, -0.2) is 4.79 Å². The van der Waals surface area contributed by atoms with Gasteiger partial charge in [-0.2, -0.15) is 0 Å². The van der Waals surface area contributed by atoms with E-state index in [1.807, 2.05) is 97.1 Å². The number of nitrogens with zero attached hydrogens (tertiary/aromatic N) is 3. The van der Waals surface area contributed by atoms with Crippen LogP contribution in [-0.4, -0.2) is 97.4 Å². The fraction of sp³-hybridized carbons (Fsp3) is 0.426. The third-order valence-corrected chi connectivity index (χ3v) is 16.0. The van der Waals surface area contributed by atoms with E-state index in [9.17, 15) is 14.4 Å². The van der Waals surface area contributed by atoms with E-state index in [1.165, 1.54) is 65.8 Å². The number of carbonyl (C=O) groups is 5. The largest absolute Gasteiger partial charge is 0.449 e. The maximum atomic E-state index is 15.1. The molecule has 0 heterocycles. The number of rotatable bonds is 16. The summed E-state index contributed by atoms with van der Waals surface area (Å²) in [5.41, 5.74) is 5.94. The first kappa shape index (κ1) is 52.9. The van der Waals surface area contributed by atoms with Gasteiger partial charge in [-0.15, -0.1) is 0 Å². The first-order valence-electron chi connectivity index (χ1n) is 26.3. The zero-order chi connectivity index (χ0) is 51.6. The molecule has 4 atom stereocenters. The van der Waals surface area contributed by atoms with Gasteiger partial charge in [-0.1, -0.05) is 184 Å². The number of hydrogen-bond acceptors (Lipinski definition) is 7. The van der Waals surface area contributed by atoms with E-state index in [0.717, 1.165) is 47.9 Å². The lowest BCUT2D eigenvalue weighted by Crippen LogP contribution is -2.59. The Labute approximate surface area is 436 Å². The number of alkyl carbamates (subject to hydrolysis) is 1. The van der Waals surface area contributed by atoms with E-state index in [-0.39, 0.29) is 18.4 Å². The van der Waals surface area contributed by atoms with E-state index in [0.29, 0.717) is 40.5 Å². The molecule has 8 rings (SSSR count). The van der Waals surface area contributed by atoms with Crippen molar-refractivity contribution in [2.75, 3.05) is 34.8 Å². The average Bonchev–Trinajstić information content (AvgIpc) is 4.08. The molecule has 1 N–H and O–H groups in total. The Bertz CT molecular complexity index is 2670. The Morgan fingerprint density at radius 2 is 1.15 bits per heavy atom. The van der Waals surface area contributed by atoms with Crippen molar-refractivity contribution in [3.63, 3.8) is 0 Å². The molecule has 0 aliphatic heterocycles. The van der Waals surface area contributed by atoms with Gasteiger partial charge >= 0.3 is 12.1 Å². The number of benzene rings is 5. The van der Waals surface area contributed by atoms with Crippen molar-refractivity contribution < 1.29 is 33.4 Å². The standard InChI is InChI=1S/C61H71ClN4O7/c1-41(63-60(71)72-40-51-49-31-19-17-29-47(49)48-30-18-20-32-50(48)51)57(68)66(5)56(44-25-15-16-26-44)59(70)65(4)54(58(69)64(2)3)39-55(67)73-61(45-27-13-10-14-28-45,52-33-21-22-34-53(52)62)46-37-35-43(36-38-46)42-23-11-8-6-7-9-12-24-42/h10,13-14,17-22,27-38,41-42,44,51,54,56H,6-9,11-12,15-16,23-26,39-40H2,1-5H3,(H,63,71)/t41-,54-,56-,61?/m0/s1. The Morgan fingerprint density at radius 3 is 1.75 bits per heavy atom. The number of nitrogens with one attached hydrogen (secondary N) is 1. The van der Waals surface area contributed by atoms with Crippen LogP contribution in [0.3, 0.4) is 0 Å². The molecule has 3 aliphatic carbocycles. The van der Waals surface area contributed by atoms with Crippen molar-refractivity contribution >= 4 is 41.4 Å². The number of esters is 1. The summed E-state index contributed by atoms with van der Waals surface area (Å²) in [5.74, 6) is -2.17. The summed E-state index contributed by atoms with van der Waals surface area (Å²) in [5, 5.41) is 3.10. The first-order valence-corrected chi connectivity index (χ1v) is 26.7. The second kappa shape index (κ2) is 24.1. The molecule has 0 spiro atoms. The minimum absolute atomic E-state index is 0.0753. The van der Waals surface area contributed by atoms with Gasteiger partial charge in [-0.3, -0.25) is 19.2 Å². The van der Waals surface area contributed by atoms with E-state index < -0.39 is 59.9 Å². The van der Waals surface area contributed by atoms with Gasteiger partial charge in [0.15, 0.2) is 5.60 Å². The van der Waals surface area contributed by atoms with Crippen molar-refractivity contribution in [2.24, 2.45) is 5.92 Å². The molecular formula is C61H71ClN4O7. The average molecular weight is 1010 g/mol. The van der Waals surface area contributed by atoms with Gasteiger partial charge in [0.2, 0.25) is 17.7 Å². The van der Waals surface area contributed by atoms with Crippen LogP contribution in [0.4, 0.5) is 4.79 Å². The van der Waals surface area contributed by atoms with Crippen LogP contribution in [-0.2, 0) is 34.3 Å². The highest BCUT2D eigenvalue weighted by atomic mass is 35.5. The molecule has 1 unspecified atom stereocenters. The van der Waals surface area contributed by atoms with Crippen molar-refractivity contribution in [1.29, 1.82) is 0 Å². The van der Waals surface area contributed by atoms with Crippen LogP contribution >= 0.6 is 11.6 Å². The summed E-state index contributed by atoms with van der Waals surface area (Å²) < 4.78 is 12.6. The predicted octanol–water partition coefficient (Wildman–Crippen LogP) is 11.6. The summed E-state index contributed by atoms with van der Waals surface area (Å²) in [6, 6.07) is 38.0. The summed E-state index contributed by atoms with van der Waals surface area (Å²) >= 11 is 7.09. The number of hydrogen-bond donors (Lipinski definition) is 1. The number of fused-ring (bicyclic) bond motifs is 3. The van der Waals surface area contributed by atoms with E-state index >= 15 is 9.59 Å². The molecule has 5 aromatic carbocycles. The van der Waals surface area contributed by atoms with Gasteiger partial charge in [0.05, 0.1) is 6.42 Å². The molecule has 3 aliphatic rings. The first-order chi connectivity index (χ1) is 35.3. The highest BCUT2D eigenvalue weighted by Crippen LogP contribution is 2.46. The SMILES string of the molecule is C[C@H](NC(=O)OCC1c2ccccc2-c2ccccc21)C(=O)N(C)[C@H](C(=O)N(C)[C@@H](CC(=O)OC(c1ccccc1)(c1ccc(C2CCCCCCCC2)cc1)c1ccccc1Cl)C(=O)N(C)C)C1CCCC1. The summed E-state index contributed by atoms with van der Waals surface area (Å²) in [4.78, 5) is 76.2. The fourth-order valence-corrected chi connectivity index (χ4v) is 12.0. The van der Waals surface area contributed by atoms with E-state index in [1.54, 1.807) is 34.1 Å². The third kappa shape index (κ3) is 11.7. The molecule has 2 fully saturated rings. The number of amides is 4. The Kier molecular flexibility index (Phi) is 17.4. The number of halogens is 1. The van der Waals surface area contributed by atoms with Crippen LogP contribution in [0.25, 0.3) is 11.1 Å². The lowest BCUT2D eigenvalue weighted by atomic mass is 9.78. The molecule has 5 aromatic rings. The van der Waals surface area contributed by atoms with Crippen LogP contribution in [0.5, 0.6) is 0 Å². The molecule has 0 aromatic heterocycles. The summed E-state index contributed by atoms with van der Waals surface area (Å²) in [6.45, 7) is 1.64. The minimum atomic E-state index is -1.54. The van der Waals surface area contributed by atoms with E-state index in [4.69, 9.17) is 21.1 Å². The van der Waals surface area contributed by atoms with Crippen molar-refractivity contribution in [2.45, 2.75) is 126 Å². The lowest BCUT2D eigenvalue weighted by molar-refractivity contribution is -0.160. The topological polar surface area (TPSA) is 126 Å². The maximum absolute atomic E-state index is 15.1. The molecule has 384 valence electrons. The number of ether oxygens (including phenoxy) is 2. The van der Waals surface area contributed by atoms with Gasteiger partial charge in [-0.05, 0) is 78.3 Å². The number of carbonyl (C=O) groups excluding carboxylic acids is 5. The molecule has 0 radical (unpaired) electrons. The maximum Gasteiger partial charge on any atom is 0.407 e.